The molecule has 7 aromatic rings. The Morgan fingerprint density at radius 2 is 1.24 bits per heavy atom. The molecule has 1 aliphatic heterocycles. The van der Waals surface area contributed by atoms with Crippen LogP contribution < -0.4 is 34.9 Å². The molecule has 0 amide bonds. The molecule has 0 unspecified atom stereocenters. The zero-order valence-corrected chi connectivity index (χ0v) is 29.9. The standard InChI is InChI=1S/C19H19FN4.C19H15FN4.B.Na.H/c2*20-15-3-1-14(2-4-15)7-10-24-13-22-12-19(24)17-6-9-23-18-11-21-8-5-16(17)18;;;/h1-4,6,9,12-13,21H,5,7-8,10-11H2;1-6,8-9,11-13H,7,10H2;;;/q;;;+1;-1. The van der Waals surface area contributed by atoms with Gasteiger partial charge in [0.05, 0.1) is 53.8 Å². The van der Waals surface area contributed by atoms with Crippen LogP contribution in [0.15, 0.2) is 117 Å². The Kier molecular flexibility index (Phi) is 12.8. The molecule has 0 spiro atoms. The van der Waals surface area contributed by atoms with E-state index < -0.39 is 0 Å². The summed E-state index contributed by atoms with van der Waals surface area (Å²) in [7, 11) is 0. The van der Waals surface area contributed by atoms with Crippen molar-refractivity contribution in [3.05, 3.63) is 151 Å². The molecule has 6 heterocycles. The molecule has 0 bridgehead atoms. The quantitative estimate of drug-likeness (QED) is 0.248. The van der Waals surface area contributed by atoms with E-state index in [1.54, 1.807) is 18.6 Å². The summed E-state index contributed by atoms with van der Waals surface area (Å²) in [5.74, 6) is -0.405. The van der Waals surface area contributed by atoms with Gasteiger partial charge in [0.25, 0.3) is 0 Å². The summed E-state index contributed by atoms with van der Waals surface area (Å²) >= 11 is 0. The molecule has 0 saturated carbocycles. The number of nitrogens with one attached hydrogen (secondary N) is 1. The Morgan fingerprint density at radius 1 is 0.660 bits per heavy atom. The summed E-state index contributed by atoms with van der Waals surface area (Å²) in [6.45, 7) is 3.40. The van der Waals surface area contributed by atoms with E-state index in [4.69, 9.17) is 0 Å². The van der Waals surface area contributed by atoms with Crippen molar-refractivity contribution in [2.24, 2.45) is 0 Å². The second kappa shape index (κ2) is 17.4. The molecule has 5 aromatic heterocycles. The van der Waals surface area contributed by atoms with Crippen LogP contribution in [0.5, 0.6) is 0 Å². The van der Waals surface area contributed by atoms with Crippen LogP contribution in [-0.4, -0.2) is 49.0 Å². The van der Waals surface area contributed by atoms with Gasteiger partial charge in [-0.1, -0.05) is 24.3 Å². The molecular formula is C38H35BF2N8Na. The molecule has 8 rings (SSSR count). The van der Waals surface area contributed by atoms with E-state index in [1.165, 1.54) is 35.4 Å². The topological polar surface area (TPSA) is 86.3 Å². The molecule has 0 aliphatic carbocycles. The Balaban J connectivity index is 0.000000216. The van der Waals surface area contributed by atoms with Crippen molar-refractivity contribution in [1.29, 1.82) is 0 Å². The minimum Gasteiger partial charge on any atom is -1.00 e. The molecule has 8 nitrogen and oxygen atoms in total. The molecule has 0 atom stereocenters. The molecule has 1 aliphatic rings. The van der Waals surface area contributed by atoms with Crippen LogP contribution in [0.1, 0.15) is 23.8 Å². The predicted octanol–water partition coefficient (Wildman–Crippen LogP) is 3.58. The normalized spacial score (nSPS) is 11.9. The number of aromatic nitrogens is 7. The number of aryl methyl sites for hydroxylation is 4. The number of pyridine rings is 3. The second-order valence-electron chi connectivity index (χ2n) is 11.7. The minimum atomic E-state index is -0.209. The predicted molar refractivity (Wildman–Crippen MR) is 189 cm³/mol. The Labute approximate surface area is 315 Å². The zero-order valence-electron chi connectivity index (χ0n) is 28.9. The molecular weight excluding hydrogens is 640 g/mol. The molecule has 2 aromatic carbocycles. The van der Waals surface area contributed by atoms with E-state index in [-0.39, 0.29) is 51.0 Å². The molecule has 0 fully saturated rings. The van der Waals surface area contributed by atoms with Gasteiger partial charge < -0.3 is 15.9 Å². The Bertz CT molecular complexity index is 2140. The number of rotatable bonds is 8. The van der Waals surface area contributed by atoms with Crippen LogP contribution in [0.25, 0.3) is 33.4 Å². The average Bonchev–Trinajstić information content (AvgIpc) is 3.81. The van der Waals surface area contributed by atoms with Crippen LogP contribution in [0.3, 0.4) is 0 Å². The first-order valence-corrected chi connectivity index (χ1v) is 16.0. The maximum absolute atomic E-state index is 13.0. The summed E-state index contributed by atoms with van der Waals surface area (Å²) in [4.78, 5) is 21.6. The van der Waals surface area contributed by atoms with Gasteiger partial charge in [-0.3, -0.25) is 15.0 Å². The fourth-order valence-corrected chi connectivity index (χ4v) is 6.10. The van der Waals surface area contributed by atoms with Gasteiger partial charge in [0.2, 0.25) is 0 Å². The van der Waals surface area contributed by atoms with Crippen molar-refractivity contribution in [3.63, 3.8) is 0 Å². The third-order valence-corrected chi connectivity index (χ3v) is 8.62. The van der Waals surface area contributed by atoms with Crippen molar-refractivity contribution in [2.75, 3.05) is 6.54 Å². The van der Waals surface area contributed by atoms with Gasteiger partial charge in [-0.15, -0.1) is 0 Å². The van der Waals surface area contributed by atoms with Gasteiger partial charge in [-0.25, -0.2) is 18.7 Å². The molecule has 0 saturated heterocycles. The third-order valence-electron chi connectivity index (χ3n) is 8.62. The van der Waals surface area contributed by atoms with Gasteiger partial charge in [-0.2, -0.15) is 0 Å². The molecule has 3 radical (unpaired) electrons. The van der Waals surface area contributed by atoms with E-state index in [9.17, 15) is 8.78 Å². The van der Waals surface area contributed by atoms with Gasteiger partial charge in [0, 0.05) is 63.2 Å². The van der Waals surface area contributed by atoms with Gasteiger partial charge in [0.1, 0.15) is 11.6 Å². The number of halogens is 2. The first-order valence-electron chi connectivity index (χ1n) is 16.0. The van der Waals surface area contributed by atoms with E-state index in [0.29, 0.717) is 0 Å². The van der Waals surface area contributed by atoms with Crippen molar-refractivity contribution >= 4 is 19.3 Å². The van der Waals surface area contributed by atoms with Crippen LogP contribution in [0.2, 0.25) is 0 Å². The van der Waals surface area contributed by atoms with Crippen molar-refractivity contribution < 1.29 is 39.8 Å². The summed E-state index contributed by atoms with van der Waals surface area (Å²) in [6.07, 6.45) is 17.3. The fourth-order valence-electron chi connectivity index (χ4n) is 6.10. The van der Waals surface area contributed by atoms with Crippen molar-refractivity contribution in [3.8, 4) is 22.5 Å². The Hall–Kier alpha value is -4.55. The number of benzene rings is 2. The first kappa shape index (κ1) is 36.7. The average molecular weight is 676 g/mol. The maximum atomic E-state index is 13.0. The van der Waals surface area contributed by atoms with E-state index in [0.717, 1.165) is 90.1 Å². The van der Waals surface area contributed by atoms with E-state index in [2.05, 4.69) is 45.4 Å². The largest absolute Gasteiger partial charge is 1.00 e. The number of nitrogens with zero attached hydrogens (tertiary/aromatic N) is 7. The molecule has 245 valence electrons. The van der Waals surface area contributed by atoms with Crippen molar-refractivity contribution in [1.82, 2.24) is 39.4 Å². The van der Waals surface area contributed by atoms with Crippen LogP contribution >= 0.6 is 0 Å². The van der Waals surface area contributed by atoms with Gasteiger partial charge >= 0.3 is 29.6 Å². The smallest absolute Gasteiger partial charge is 1.00 e. The second-order valence-corrected chi connectivity index (χ2v) is 11.7. The number of fused-ring (bicyclic) bond motifs is 2. The molecule has 1 N–H and O–H groups in total. The first-order chi connectivity index (χ1) is 23.6. The number of hydrogen-bond acceptors (Lipinski definition) is 6. The number of hydrogen-bond donors (Lipinski definition) is 1. The summed E-state index contributed by atoms with van der Waals surface area (Å²) in [5.41, 5.74) is 9.99. The van der Waals surface area contributed by atoms with Crippen LogP contribution in [0, 0.1) is 11.6 Å². The zero-order chi connectivity index (χ0) is 32.7. The maximum Gasteiger partial charge on any atom is 1.00 e. The van der Waals surface area contributed by atoms with Crippen LogP contribution in [-0.2, 0) is 38.9 Å². The monoisotopic (exact) mass is 675 g/mol. The molecule has 50 heavy (non-hydrogen) atoms. The SMILES string of the molecule is Fc1ccc(CCn2cncc2-c2ccnc3c2CCNC3)cc1.Fc1ccc(CCn2cncc2-c2ccnc3cnccc23)cc1.[B].[H-].[Na+]. The fraction of sp³-hybridized carbons (Fsp3) is 0.184. The van der Waals surface area contributed by atoms with Crippen LogP contribution in [0.4, 0.5) is 8.78 Å². The minimum absolute atomic E-state index is 0. The number of imidazole rings is 2. The summed E-state index contributed by atoms with van der Waals surface area (Å²) < 4.78 is 30.3. The summed E-state index contributed by atoms with van der Waals surface area (Å²) in [5, 5.41) is 4.42. The Morgan fingerprint density at radius 3 is 1.88 bits per heavy atom. The third kappa shape index (κ3) is 8.60. The summed E-state index contributed by atoms with van der Waals surface area (Å²) in [6, 6.07) is 19.4. The van der Waals surface area contributed by atoms with Gasteiger partial charge in [-0.05, 0) is 85.0 Å². The van der Waals surface area contributed by atoms with Crippen molar-refractivity contribution in [2.45, 2.75) is 38.9 Å². The van der Waals surface area contributed by atoms with E-state index >= 15 is 0 Å². The van der Waals surface area contributed by atoms with Gasteiger partial charge in [0.15, 0.2) is 0 Å². The van der Waals surface area contributed by atoms with E-state index in [1.807, 2.05) is 67.6 Å². The molecule has 12 heteroatoms.